The number of carbonyl (C=O) groups excluding carboxylic acids is 1. The van der Waals surface area contributed by atoms with Gasteiger partial charge in [-0.15, -0.1) is 0 Å². The summed E-state index contributed by atoms with van der Waals surface area (Å²) in [5, 5.41) is 0. The lowest BCUT2D eigenvalue weighted by molar-refractivity contribution is -0.126. The maximum atomic E-state index is 11.7. The molecule has 0 spiro atoms. The number of Topliss-reactive ketones (excluding diaryl/α,β-unsaturated/α-hetero) is 1. The van der Waals surface area contributed by atoms with E-state index in [4.69, 9.17) is 0 Å². The minimum atomic E-state index is 0.369. The zero-order chi connectivity index (χ0) is 9.97. The third kappa shape index (κ3) is 2.17. The highest BCUT2D eigenvalue weighted by Gasteiger charge is 2.30. The Labute approximate surface area is 86.7 Å². The van der Waals surface area contributed by atoms with Crippen molar-refractivity contribution in [1.82, 2.24) is 4.90 Å². The quantitative estimate of drug-likeness (QED) is 0.687. The summed E-state index contributed by atoms with van der Waals surface area (Å²) in [5.41, 5.74) is 0. The normalized spacial score (nSPS) is 34.2. The number of rotatable bonds is 3. The van der Waals surface area contributed by atoms with Crippen LogP contribution >= 0.6 is 0 Å². The fourth-order valence-electron chi connectivity index (χ4n) is 2.63. The Balaban J connectivity index is 1.83. The largest absolute Gasteiger partial charge is 0.303 e. The number of likely N-dealkylation sites (tertiary alicyclic amines) is 1. The molecule has 1 heterocycles. The van der Waals surface area contributed by atoms with Gasteiger partial charge in [-0.1, -0.05) is 13.3 Å². The van der Waals surface area contributed by atoms with Gasteiger partial charge in [0.05, 0.1) is 0 Å². The van der Waals surface area contributed by atoms with Crippen LogP contribution in [0.3, 0.4) is 0 Å². The maximum Gasteiger partial charge on any atom is 0.137 e. The summed E-state index contributed by atoms with van der Waals surface area (Å²) in [6, 6.07) is 0. The van der Waals surface area contributed by atoms with Gasteiger partial charge in [-0.25, -0.2) is 0 Å². The molecule has 0 aromatic rings. The van der Waals surface area contributed by atoms with E-state index >= 15 is 0 Å². The van der Waals surface area contributed by atoms with Crippen molar-refractivity contribution in [2.75, 3.05) is 19.6 Å². The predicted octanol–water partition coefficient (Wildman–Crippen LogP) is 2.09. The molecule has 2 aliphatic rings. The average Bonchev–Trinajstić information content (AvgIpc) is 2.14. The molecule has 1 saturated carbocycles. The first-order valence-electron chi connectivity index (χ1n) is 6.04. The van der Waals surface area contributed by atoms with Gasteiger partial charge in [0.1, 0.15) is 5.78 Å². The average molecular weight is 195 g/mol. The Morgan fingerprint density at radius 1 is 1.43 bits per heavy atom. The van der Waals surface area contributed by atoms with E-state index in [1.807, 2.05) is 0 Å². The van der Waals surface area contributed by atoms with E-state index in [-0.39, 0.29) is 0 Å². The maximum absolute atomic E-state index is 11.7. The monoisotopic (exact) mass is 195 g/mol. The van der Waals surface area contributed by atoms with E-state index in [2.05, 4.69) is 11.8 Å². The van der Waals surface area contributed by atoms with Crippen LogP contribution in [0.5, 0.6) is 0 Å². The van der Waals surface area contributed by atoms with E-state index in [9.17, 15) is 4.79 Å². The Bertz CT molecular complexity index is 208. The van der Waals surface area contributed by atoms with Crippen molar-refractivity contribution in [3.63, 3.8) is 0 Å². The molecule has 0 amide bonds. The zero-order valence-electron chi connectivity index (χ0n) is 9.17. The molecule has 2 fully saturated rings. The van der Waals surface area contributed by atoms with Crippen molar-refractivity contribution >= 4 is 5.78 Å². The second-order valence-corrected chi connectivity index (χ2v) is 4.87. The molecule has 0 aromatic carbocycles. The van der Waals surface area contributed by atoms with E-state index in [1.54, 1.807) is 0 Å². The summed E-state index contributed by atoms with van der Waals surface area (Å²) in [7, 11) is 0. The van der Waals surface area contributed by atoms with Gasteiger partial charge in [0.25, 0.3) is 0 Å². The van der Waals surface area contributed by atoms with Crippen LogP contribution in [0, 0.1) is 11.8 Å². The van der Waals surface area contributed by atoms with E-state index in [0.29, 0.717) is 11.7 Å². The van der Waals surface area contributed by atoms with Crippen molar-refractivity contribution in [3.05, 3.63) is 0 Å². The molecule has 0 aromatic heterocycles. The van der Waals surface area contributed by atoms with Crippen LogP contribution in [0.15, 0.2) is 0 Å². The molecule has 2 nitrogen and oxygen atoms in total. The first-order chi connectivity index (χ1) is 6.79. The smallest absolute Gasteiger partial charge is 0.137 e. The Morgan fingerprint density at radius 3 is 2.79 bits per heavy atom. The van der Waals surface area contributed by atoms with Crippen molar-refractivity contribution in [3.8, 4) is 0 Å². The van der Waals surface area contributed by atoms with Crippen LogP contribution in [0.2, 0.25) is 0 Å². The van der Waals surface area contributed by atoms with Gasteiger partial charge in [0.15, 0.2) is 0 Å². The summed E-state index contributed by atoms with van der Waals surface area (Å²) < 4.78 is 0. The number of hydrogen-bond donors (Lipinski definition) is 0. The second kappa shape index (κ2) is 4.43. The van der Waals surface area contributed by atoms with Gasteiger partial charge in [0, 0.05) is 18.9 Å². The lowest BCUT2D eigenvalue weighted by Crippen LogP contribution is -2.43. The summed E-state index contributed by atoms with van der Waals surface area (Å²) in [4.78, 5) is 14.1. The van der Waals surface area contributed by atoms with Crippen molar-refractivity contribution in [2.45, 2.75) is 39.0 Å². The number of nitrogens with zero attached hydrogens (tertiary/aromatic N) is 1. The Morgan fingerprint density at radius 2 is 2.21 bits per heavy atom. The standard InChI is InChI=1S/C12H21NO/c1-2-10-4-5-12(14)11(8-10)9-13-6-3-7-13/h10-11H,2-9H2,1H3. The van der Waals surface area contributed by atoms with Crippen molar-refractivity contribution in [2.24, 2.45) is 11.8 Å². The second-order valence-electron chi connectivity index (χ2n) is 4.87. The summed E-state index contributed by atoms with van der Waals surface area (Å²) in [6.45, 7) is 5.75. The lowest BCUT2D eigenvalue weighted by Gasteiger charge is -2.36. The molecule has 2 heteroatoms. The molecular weight excluding hydrogens is 174 g/mol. The van der Waals surface area contributed by atoms with Crippen LogP contribution in [0.4, 0.5) is 0 Å². The SMILES string of the molecule is CCC1CCC(=O)C(CN2CCC2)C1. The highest BCUT2D eigenvalue weighted by atomic mass is 16.1. The van der Waals surface area contributed by atoms with Crippen LogP contribution in [-0.2, 0) is 4.79 Å². The van der Waals surface area contributed by atoms with Gasteiger partial charge >= 0.3 is 0 Å². The molecule has 1 aliphatic carbocycles. The van der Waals surface area contributed by atoms with Crippen LogP contribution < -0.4 is 0 Å². The Kier molecular flexibility index (Phi) is 3.22. The lowest BCUT2D eigenvalue weighted by atomic mass is 9.79. The van der Waals surface area contributed by atoms with Gasteiger partial charge < -0.3 is 4.90 Å². The number of hydrogen-bond acceptors (Lipinski definition) is 2. The fraction of sp³-hybridized carbons (Fsp3) is 0.917. The third-order valence-corrected chi connectivity index (χ3v) is 3.88. The first kappa shape index (κ1) is 10.2. The molecule has 80 valence electrons. The summed E-state index contributed by atoms with van der Waals surface area (Å²) >= 11 is 0. The number of ketones is 1. The molecule has 0 bridgehead atoms. The van der Waals surface area contributed by atoms with Gasteiger partial charge in [0.2, 0.25) is 0 Å². The molecule has 0 N–H and O–H groups in total. The zero-order valence-corrected chi connectivity index (χ0v) is 9.17. The molecule has 2 atom stereocenters. The molecule has 2 rings (SSSR count). The van der Waals surface area contributed by atoms with Crippen molar-refractivity contribution < 1.29 is 4.79 Å². The van der Waals surface area contributed by atoms with E-state index < -0.39 is 0 Å². The molecular formula is C12H21NO. The Hall–Kier alpha value is -0.370. The van der Waals surface area contributed by atoms with Crippen LogP contribution in [0.1, 0.15) is 39.0 Å². The van der Waals surface area contributed by atoms with Crippen LogP contribution in [-0.4, -0.2) is 30.3 Å². The van der Waals surface area contributed by atoms with Gasteiger partial charge in [-0.2, -0.15) is 0 Å². The molecule has 1 aliphatic heterocycles. The van der Waals surface area contributed by atoms with E-state index in [0.717, 1.165) is 31.7 Å². The van der Waals surface area contributed by atoms with Gasteiger partial charge in [-0.3, -0.25) is 4.79 Å². The first-order valence-corrected chi connectivity index (χ1v) is 6.04. The highest BCUT2D eigenvalue weighted by molar-refractivity contribution is 5.81. The summed E-state index contributed by atoms with van der Waals surface area (Å²) in [6.07, 6.45) is 5.73. The number of carbonyl (C=O) groups is 1. The van der Waals surface area contributed by atoms with E-state index in [1.165, 1.54) is 25.9 Å². The van der Waals surface area contributed by atoms with Crippen LogP contribution in [0.25, 0.3) is 0 Å². The third-order valence-electron chi connectivity index (χ3n) is 3.88. The molecule has 0 radical (unpaired) electrons. The molecule has 1 saturated heterocycles. The summed E-state index contributed by atoms with van der Waals surface area (Å²) in [5.74, 6) is 1.72. The van der Waals surface area contributed by atoms with Gasteiger partial charge in [-0.05, 0) is 38.3 Å². The molecule has 14 heavy (non-hydrogen) atoms. The topological polar surface area (TPSA) is 20.3 Å². The van der Waals surface area contributed by atoms with Crippen molar-refractivity contribution in [1.29, 1.82) is 0 Å². The highest BCUT2D eigenvalue weighted by Crippen LogP contribution is 2.29. The fourth-order valence-corrected chi connectivity index (χ4v) is 2.63. The predicted molar refractivity (Wildman–Crippen MR) is 57.2 cm³/mol. The molecule has 2 unspecified atom stereocenters. The minimum Gasteiger partial charge on any atom is -0.303 e. The minimum absolute atomic E-state index is 0.369.